The van der Waals surface area contributed by atoms with E-state index in [2.05, 4.69) is 11.6 Å². The molecule has 1 unspecified atom stereocenters. The lowest BCUT2D eigenvalue weighted by molar-refractivity contribution is -0.119. The van der Waals surface area contributed by atoms with E-state index in [0.717, 1.165) is 31.3 Å². The fourth-order valence-corrected chi connectivity index (χ4v) is 3.33. The van der Waals surface area contributed by atoms with Crippen LogP contribution in [0.25, 0.3) is 0 Å². The van der Waals surface area contributed by atoms with Gasteiger partial charge in [-0.3, -0.25) is 19.3 Å². The minimum absolute atomic E-state index is 0.247. The molecule has 0 fully saturated rings. The number of anilines is 2. The molecule has 8 nitrogen and oxygen atoms in total. The Kier molecular flexibility index (Phi) is 7.14. The monoisotopic (exact) mass is 436 g/mol. The summed E-state index contributed by atoms with van der Waals surface area (Å²) in [4.78, 5) is 27.3. The second kappa shape index (κ2) is 9.37. The summed E-state index contributed by atoms with van der Waals surface area (Å²) in [6.45, 7) is 4.54. The Balaban J connectivity index is 2.39. The molecule has 0 aliphatic carbocycles. The first kappa shape index (κ1) is 22.8. The average Bonchev–Trinajstić information content (AvgIpc) is 2.71. The second-order valence-corrected chi connectivity index (χ2v) is 7.66. The highest BCUT2D eigenvalue weighted by atomic mass is 32.2. The average molecular weight is 436 g/mol. The summed E-state index contributed by atoms with van der Waals surface area (Å²) in [5.41, 5.74) is 3.83. The number of rotatable bonds is 8. The van der Waals surface area contributed by atoms with Gasteiger partial charge in [0.1, 0.15) is 16.4 Å². The lowest BCUT2D eigenvalue weighted by atomic mass is 10.0. The maximum Gasteiger partial charge on any atom is 0.263 e. The molecule has 11 heteroatoms. The van der Waals surface area contributed by atoms with Crippen LogP contribution in [-0.4, -0.2) is 31.1 Å². The standard InChI is InChI=1S/C19H18F2N4O4S/c1-3-5-13(17(22)11(2)26)19(27)24-18-14(20)7-8-15(16(18)21)25-30(28,29)12-6-4-9-23-10-12/h3-10,17,25H,1,22H2,2H3,(H,24,27)/b13-5+. The number of ketones is 1. The normalized spacial score (nSPS) is 12.7. The number of nitrogens with one attached hydrogen (secondary N) is 2. The van der Waals surface area contributed by atoms with Crippen molar-refractivity contribution in [3.05, 3.63) is 72.6 Å². The van der Waals surface area contributed by atoms with Crippen LogP contribution in [0.4, 0.5) is 20.2 Å². The van der Waals surface area contributed by atoms with Gasteiger partial charge in [-0.2, -0.15) is 0 Å². The van der Waals surface area contributed by atoms with Gasteiger partial charge >= 0.3 is 0 Å². The molecule has 0 radical (unpaired) electrons. The van der Waals surface area contributed by atoms with Crippen LogP contribution in [0.15, 0.2) is 65.9 Å². The van der Waals surface area contributed by atoms with Gasteiger partial charge in [-0.1, -0.05) is 18.7 Å². The van der Waals surface area contributed by atoms with Crippen molar-refractivity contribution in [2.45, 2.75) is 17.9 Å². The molecule has 0 bridgehead atoms. The van der Waals surface area contributed by atoms with E-state index in [9.17, 15) is 26.8 Å². The molecule has 4 N–H and O–H groups in total. The Morgan fingerprint density at radius 3 is 2.53 bits per heavy atom. The summed E-state index contributed by atoms with van der Waals surface area (Å²) in [5, 5.41) is 1.98. The number of benzene rings is 1. The highest BCUT2D eigenvalue weighted by Gasteiger charge is 2.25. The second-order valence-electron chi connectivity index (χ2n) is 5.98. The van der Waals surface area contributed by atoms with E-state index in [1.54, 1.807) is 0 Å². The van der Waals surface area contributed by atoms with Crippen LogP contribution in [0.1, 0.15) is 6.92 Å². The number of aromatic nitrogens is 1. The van der Waals surface area contributed by atoms with Crippen LogP contribution in [0.3, 0.4) is 0 Å². The molecule has 30 heavy (non-hydrogen) atoms. The number of sulfonamides is 1. The summed E-state index contributed by atoms with van der Waals surface area (Å²) in [5.74, 6) is -4.15. The molecular formula is C19H18F2N4O4S. The summed E-state index contributed by atoms with van der Waals surface area (Å²) in [7, 11) is -4.22. The molecule has 0 saturated heterocycles. The third-order valence-electron chi connectivity index (χ3n) is 3.85. The highest BCUT2D eigenvalue weighted by molar-refractivity contribution is 7.92. The van der Waals surface area contributed by atoms with E-state index in [-0.39, 0.29) is 10.5 Å². The number of nitrogens with zero attached hydrogens (tertiary/aromatic N) is 1. The van der Waals surface area contributed by atoms with Gasteiger partial charge < -0.3 is 11.1 Å². The van der Waals surface area contributed by atoms with Crippen LogP contribution in [-0.2, 0) is 19.6 Å². The smallest absolute Gasteiger partial charge is 0.263 e. The predicted octanol–water partition coefficient (Wildman–Crippen LogP) is 2.13. The molecule has 1 amide bonds. The lowest BCUT2D eigenvalue weighted by Gasteiger charge is -2.16. The van der Waals surface area contributed by atoms with Crippen molar-refractivity contribution in [1.29, 1.82) is 0 Å². The number of carbonyl (C=O) groups is 2. The Morgan fingerprint density at radius 2 is 1.97 bits per heavy atom. The summed E-state index contributed by atoms with van der Waals surface area (Å²) in [6.07, 6.45) is 4.71. The minimum Gasteiger partial charge on any atom is -0.318 e. The molecule has 158 valence electrons. The van der Waals surface area contributed by atoms with Gasteiger partial charge in [0.25, 0.3) is 15.9 Å². The van der Waals surface area contributed by atoms with Crippen LogP contribution in [0.5, 0.6) is 0 Å². The van der Waals surface area contributed by atoms with Crippen molar-refractivity contribution in [2.75, 3.05) is 10.0 Å². The zero-order valence-electron chi connectivity index (χ0n) is 15.7. The van der Waals surface area contributed by atoms with Crippen molar-refractivity contribution >= 4 is 33.1 Å². The first-order valence-corrected chi connectivity index (χ1v) is 9.87. The molecule has 0 saturated carbocycles. The maximum atomic E-state index is 14.8. The number of hydrogen-bond donors (Lipinski definition) is 3. The maximum absolute atomic E-state index is 14.8. The fourth-order valence-electron chi connectivity index (χ4n) is 2.31. The molecule has 1 heterocycles. The van der Waals surface area contributed by atoms with Crippen LogP contribution < -0.4 is 15.8 Å². The Hall–Kier alpha value is -3.44. The van der Waals surface area contributed by atoms with Gasteiger partial charge in [0, 0.05) is 18.0 Å². The van der Waals surface area contributed by atoms with Gasteiger partial charge in [0.2, 0.25) is 0 Å². The van der Waals surface area contributed by atoms with Crippen molar-refractivity contribution in [1.82, 2.24) is 4.98 Å². The summed E-state index contributed by atoms with van der Waals surface area (Å²) >= 11 is 0. The van der Waals surface area contributed by atoms with Crippen LogP contribution in [0, 0.1) is 11.6 Å². The molecular weight excluding hydrogens is 418 g/mol. The number of Topliss-reactive ketones (excluding diaryl/α,β-unsaturated/α-hetero) is 1. The Labute approximate surface area is 171 Å². The van der Waals surface area contributed by atoms with E-state index in [1.807, 2.05) is 10.0 Å². The fraction of sp³-hybridized carbons (Fsp3) is 0.105. The molecule has 1 aromatic heterocycles. The SMILES string of the molecule is C=C/C=C(/C(=O)Nc1c(F)ccc(NS(=O)(=O)c2cccnc2)c1F)C(N)C(C)=O. The van der Waals surface area contributed by atoms with E-state index in [0.29, 0.717) is 0 Å². The topological polar surface area (TPSA) is 131 Å². The van der Waals surface area contributed by atoms with Crippen LogP contribution >= 0.6 is 0 Å². The van der Waals surface area contributed by atoms with E-state index < -0.39 is 50.8 Å². The first-order valence-electron chi connectivity index (χ1n) is 8.39. The highest BCUT2D eigenvalue weighted by Crippen LogP contribution is 2.28. The Bertz CT molecular complexity index is 1120. The molecule has 2 rings (SSSR count). The third kappa shape index (κ3) is 5.13. The molecule has 0 aliphatic rings. The number of nitrogens with two attached hydrogens (primary N) is 1. The zero-order chi connectivity index (χ0) is 22.5. The summed E-state index contributed by atoms with van der Waals surface area (Å²) < 4.78 is 55.7. The van der Waals surface area contributed by atoms with E-state index in [4.69, 9.17) is 5.73 Å². The van der Waals surface area contributed by atoms with Crippen molar-refractivity contribution in [3.63, 3.8) is 0 Å². The molecule has 1 aromatic carbocycles. The minimum atomic E-state index is -4.22. The number of carbonyl (C=O) groups excluding carboxylic acids is 2. The van der Waals surface area contributed by atoms with E-state index in [1.165, 1.54) is 24.4 Å². The van der Waals surface area contributed by atoms with E-state index >= 15 is 0 Å². The van der Waals surface area contributed by atoms with Gasteiger partial charge in [0.15, 0.2) is 11.6 Å². The number of halogens is 2. The van der Waals surface area contributed by atoms with Crippen molar-refractivity contribution in [3.8, 4) is 0 Å². The van der Waals surface area contributed by atoms with Crippen molar-refractivity contribution in [2.24, 2.45) is 5.73 Å². The van der Waals surface area contributed by atoms with Gasteiger partial charge in [-0.15, -0.1) is 0 Å². The first-order chi connectivity index (χ1) is 14.1. The van der Waals surface area contributed by atoms with Gasteiger partial charge in [-0.25, -0.2) is 17.2 Å². The number of pyridine rings is 1. The van der Waals surface area contributed by atoms with Gasteiger partial charge in [0.05, 0.1) is 11.7 Å². The third-order valence-corrected chi connectivity index (χ3v) is 5.20. The quantitative estimate of drug-likeness (QED) is 0.429. The molecule has 2 aromatic rings. The van der Waals surface area contributed by atoms with Crippen molar-refractivity contribution < 1.29 is 26.8 Å². The summed E-state index contributed by atoms with van der Waals surface area (Å²) in [6, 6.07) is 2.88. The van der Waals surface area contributed by atoms with Gasteiger partial charge in [-0.05, 0) is 31.2 Å². The van der Waals surface area contributed by atoms with Crippen LogP contribution in [0.2, 0.25) is 0 Å². The predicted molar refractivity (Wildman–Crippen MR) is 107 cm³/mol. The number of allylic oxidation sites excluding steroid dienone is 2. The number of hydrogen-bond acceptors (Lipinski definition) is 6. The largest absolute Gasteiger partial charge is 0.318 e. The number of amides is 1. The zero-order valence-corrected chi connectivity index (χ0v) is 16.5. The Morgan fingerprint density at radius 1 is 1.27 bits per heavy atom. The molecule has 0 spiro atoms. The molecule has 1 atom stereocenters. The molecule has 0 aliphatic heterocycles. The lowest BCUT2D eigenvalue weighted by Crippen LogP contribution is -2.36.